The fourth-order valence-corrected chi connectivity index (χ4v) is 2.16. The largest absolute Gasteiger partial charge is 0.464 e. The molecule has 0 aromatic rings. The van der Waals surface area contributed by atoms with Crippen LogP contribution in [0.3, 0.4) is 0 Å². The summed E-state index contributed by atoms with van der Waals surface area (Å²) >= 11 is 0. The number of ether oxygens (including phenoxy) is 1. The molecule has 0 heterocycles. The summed E-state index contributed by atoms with van der Waals surface area (Å²) in [7, 11) is 0. The van der Waals surface area contributed by atoms with Crippen molar-refractivity contribution < 1.29 is 14.3 Å². The van der Waals surface area contributed by atoms with Crippen LogP contribution < -0.4 is 5.32 Å². The molecule has 0 saturated heterocycles. The van der Waals surface area contributed by atoms with Gasteiger partial charge in [-0.1, -0.05) is 12.8 Å². The van der Waals surface area contributed by atoms with Crippen LogP contribution in [0.15, 0.2) is 4.99 Å². The highest BCUT2D eigenvalue weighted by Gasteiger charge is 2.25. The van der Waals surface area contributed by atoms with E-state index in [1.165, 1.54) is 19.8 Å². The molecule has 0 aromatic heterocycles. The Kier molecular flexibility index (Phi) is 5.82. The Morgan fingerprint density at radius 3 is 2.44 bits per heavy atom. The Morgan fingerprint density at radius 2 is 1.94 bits per heavy atom. The van der Waals surface area contributed by atoms with E-state index in [1.54, 1.807) is 13.8 Å². The minimum absolute atomic E-state index is 0.256. The summed E-state index contributed by atoms with van der Waals surface area (Å²) in [5.74, 6) is -0.694. The van der Waals surface area contributed by atoms with Crippen molar-refractivity contribution in [2.75, 3.05) is 6.61 Å². The number of esters is 1. The molecule has 0 bridgehead atoms. The summed E-state index contributed by atoms with van der Waals surface area (Å²) < 4.78 is 4.96. The normalized spacial score (nSPS) is 18.5. The minimum Gasteiger partial charge on any atom is -0.464 e. The Hall–Kier alpha value is -1.39. The van der Waals surface area contributed by atoms with E-state index in [9.17, 15) is 9.59 Å². The topological polar surface area (TPSA) is 67.8 Å². The van der Waals surface area contributed by atoms with Crippen molar-refractivity contribution in [2.24, 2.45) is 4.99 Å². The second kappa shape index (κ2) is 7.13. The summed E-state index contributed by atoms with van der Waals surface area (Å²) in [5.41, 5.74) is 0.635. The SMILES string of the molecule is CCOC(=O)C(NC(C)=O)C(C)=NC1CCCC1. The second-order valence-corrected chi connectivity index (χ2v) is 4.59. The van der Waals surface area contributed by atoms with Crippen molar-refractivity contribution in [3.05, 3.63) is 0 Å². The molecule has 1 aliphatic carbocycles. The highest BCUT2D eigenvalue weighted by molar-refractivity contribution is 6.07. The average Bonchev–Trinajstić information content (AvgIpc) is 2.78. The molecule has 0 aliphatic heterocycles. The lowest BCUT2D eigenvalue weighted by molar-refractivity contribution is -0.145. The Bertz CT molecular complexity index is 333. The number of carbonyl (C=O) groups is 2. The van der Waals surface area contributed by atoms with Crippen molar-refractivity contribution in [3.63, 3.8) is 0 Å². The fourth-order valence-electron chi connectivity index (χ4n) is 2.16. The standard InChI is InChI=1S/C13H22N2O3/c1-4-18-13(17)12(15-10(3)16)9(2)14-11-7-5-6-8-11/h11-12H,4-8H2,1-3H3,(H,15,16). The van der Waals surface area contributed by atoms with E-state index < -0.39 is 12.0 Å². The van der Waals surface area contributed by atoms with Crippen LogP contribution in [0.2, 0.25) is 0 Å². The zero-order valence-electron chi connectivity index (χ0n) is 11.4. The molecule has 102 valence electrons. The monoisotopic (exact) mass is 254 g/mol. The van der Waals surface area contributed by atoms with Gasteiger partial charge >= 0.3 is 5.97 Å². The highest BCUT2D eigenvalue weighted by Crippen LogP contribution is 2.21. The number of nitrogens with one attached hydrogen (secondary N) is 1. The molecular formula is C13H22N2O3. The Labute approximate surface area is 108 Å². The number of nitrogens with zero attached hydrogens (tertiary/aromatic N) is 1. The summed E-state index contributed by atoms with van der Waals surface area (Å²) in [6.45, 7) is 5.20. The molecular weight excluding hydrogens is 232 g/mol. The van der Waals surface area contributed by atoms with Crippen LogP contribution >= 0.6 is 0 Å². The molecule has 5 nitrogen and oxygen atoms in total. The van der Waals surface area contributed by atoms with E-state index in [-0.39, 0.29) is 11.9 Å². The minimum atomic E-state index is -0.747. The van der Waals surface area contributed by atoms with Gasteiger partial charge in [0.2, 0.25) is 5.91 Å². The van der Waals surface area contributed by atoms with E-state index in [2.05, 4.69) is 10.3 Å². The van der Waals surface area contributed by atoms with Gasteiger partial charge in [0.05, 0.1) is 6.61 Å². The second-order valence-electron chi connectivity index (χ2n) is 4.59. The van der Waals surface area contributed by atoms with Crippen LogP contribution in [0.1, 0.15) is 46.5 Å². The first kappa shape index (κ1) is 14.7. The third-order valence-corrected chi connectivity index (χ3v) is 3.00. The lowest BCUT2D eigenvalue weighted by Gasteiger charge is -2.17. The first-order chi connectivity index (χ1) is 8.54. The van der Waals surface area contributed by atoms with Gasteiger partial charge < -0.3 is 10.1 Å². The number of aliphatic imine (C=N–C) groups is 1. The summed E-state index contributed by atoms with van der Waals surface area (Å²) in [5, 5.41) is 2.59. The molecule has 1 unspecified atom stereocenters. The Morgan fingerprint density at radius 1 is 1.33 bits per heavy atom. The van der Waals surface area contributed by atoms with E-state index in [4.69, 9.17) is 4.74 Å². The van der Waals surface area contributed by atoms with Crippen LogP contribution in [-0.2, 0) is 14.3 Å². The maximum Gasteiger partial charge on any atom is 0.334 e. The number of rotatable bonds is 5. The summed E-state index contributed by atoms with van der Waals surface area (Å²) in [6.07, 6.45) is 4.50. The number of hydrogen-bond donors (Lipinski definition) is 1. The molecule has 0 spiro atoms. The van der Waals surface area contributed by atoms with Crippen LogP contribution in [0.4, 0.5) is 0 Å². The van der Waals surface area contributed by atoms with Crippen molar-refractivity contribution in [3.8, 4) is 0 Å². The molecule has 5 heteroatoms. The molecule has 1 fully saturated rings. The van der Waals surface area contributed by atoms with Crippen LogP contribution in [-0.4, -0.2) is 36.3 Å². The van der Waals surface area contributed by atoms with Crippen LogP contribution in [0.5, 0.6) is 0 Å². The molecule has 0 aromatic carbocycles. The van der Waals surface area contributed by atoms with Crippen LogP contribution in [0, 0.1) is 0 Å². The quantitative estimate of drug-likeness (QED) is 0.596. The van der Waals surface area contributed by atoms with Gasteiger partial charge in [-0.05, 0) is 26.7 Å². The lowest BCUT2D eigenvalue weighted by atomic mass is 10.1. The Balaban J connectivity index is 2.73. The third kappa shape index (κ3) is 4.47. The first-order valence-corrected chi connectivity index (χ1v) is 6.52. The maximum absolute atomic E-state index is 11.8. The predicted octanol–water partition coefficient (Wildman–Crippen LogP) is 1.46. The number of carbonyl (C=O) groups excluding carboxylic acids is 2. The van der Waals surface area contributed by atoms with Crippen molar-refractivity contribution >= 4 is 17.6 Å². The molecule has 1 atom stereocenters. The van der Waals surface area contributed by atoms with Crippen molar-refractivity contribution in [2.45, 2.75) is 58.5 Å². The van der Waals surface area contributed by atoms with E-state index in [0.717, 1.165) is 12.8 Å². The molecule has 18 heavy (non-hydrogen) atoms. The fraction of sp³-hybridized carbons (Fsp3) is 0.769. The number of hydrogen-bond acceptors (Lipinski definition) is 4. The van der Waals surface area contributed by atoms with Gasteiger partial charge in [-0.3, -0.25) is 9.79 Å². The summed E-state index contributed by atoms with van der Waals surface area (Å²) in [4.78, 5) is 27.4. The molecule has 1 amide bonds. The van der Waals surface area contributed by atoms with E-state index >= 15 is 0 Å². The zero-order valence-corrected chi connectivity index (χ0v) is 11.4. The van der Waals surface area contributed by atoms with Gasteiger partial charge in [-0.2, -0.15) is 0 Å². The maximum atomic E-state index is 11.8. The molecule has 1 rings (SSSR count). The third-order valence-electron chi connectivity index (χ3n) is 3.00. The molecule has 1 aliphatic rings. The van der Waals surface area contributed by atoms with Gasteiger partial charge in [0.25, 0.3) is 0 Å². The average molecular weight is 254 g/mol. The van der Waals surface area contributed by atoms with Gasteiger partial charge in [-0.15, -0.1) is 0 Å². The van der Waals surface area contributed by atoms with E-state index in [0.29, 0.717) is 12.3 Å². The van der Waals surface area contributed by atoms with Gasteiger partial charge in [-0.25, -0.2) is 4.79 Å². The smallest absolute Gasteiger partial charge is 0.334 e. The lowest BCUT2D eigenvalue weighted by Crippen LogP contribution is -2.46. The molecule has 1 saturated carbocycles. The highest BCUT2D eigenvalue weighted by atomic mass is 16.5. The van der Waals surface area contributed by atoms with Gasteiger partial charge in [0.1, 0.15) is 0 Å². The zero-order chi connectivity index (χ0) is 13.5. The van der Waals surface area contributed by atoms with Gasteiger partial charge in [0, 0.05) is 18.7 Å². The van der Waals surface area contributed by atoms with Crippen LogP contribution in [0.25, 0.3) is 0 Å². The predicted molar refractivity (Wildman–Crippen MR) is 69.6 cm³/mol. The van der Waals surface area contributed by atoms with Gasteiger partial charge in [0.15, 0.2) is 6.04 Å². The molecule has 1 N–H and O–H groups in total. The van der Waals surface area contributed by atoms with E-state index in [1.807, 2.05) is 0 Å². The van der Waals surface area contributed by atoms with Crippen molar-refractivity contribution in [1.82, 2.24) is 5.32 Å². The first-order valence-electron chi connectivity index (χ1n) is 6.52. The summed E-state index contributed by atoms with van der Waals surface area (Å²) in [6, 6.07) is -0.460. The number of amides is 1. The van der Waals surface area contributed by atoms with Crippen molar-refractivity contribution in [1.29, 1.82) is 0 Å². The molecule has 0 radical (unpaired) electrons.